The zero-order valence-corrected chi connectivity index (χ0v) is 15.4. The first-order chi connectivity index (χ1) is 11.9. The van der Waals surface area contributed by atoms with Crippen LogP contribution in [0.4, 0.5) is 4.39 Å². The normalized spacial score (nSPS) is 21.6. The van der Waals surface area contributed by atoms with Crippen molar-refractivity contribution >= 4 is 5.91 Å². The summed E-state index contributed by atoms with van der Waals surface area (Å²) in [7, 11) is 6.54. The second-order valence-corrected chi connectivity index (χ2v) is 6.54. The van der Waals surface area contributed by atoms with Crippen LogP contribution in [-0.2, 0) is 20.8 Å². The number of ether oxygens (including phenoxy) is 3. The van der Waals surface area contributed by atoms with Gasteiger partial charge in [0.1, 0.15) is 17.2 Å². The number of benzene rings is 1. The van der Waals surface area contributed by atoms with Gasteiger partial charge in [0.25, 0.3) is 0 Å². The summed E-state index contributed by atoms with van der Waals surface area (Å²) >= 11 is 0. The molecule has 7 heteroatoms. The number of carbonyl (C=O) groups is 1. The van der Waals surface area contributed by atoms with E-state index in [-0.39, 0.29) is 18.1 Å². The van der Waals surface area contributed by atoms with Gasteiger partial charge in [-0.3, -0.25) is 9.69 Å². The summed E-state index contributed by atoms with van der Waals surface area (Å²) in [6.45, 7) is 2.28. The molecule has 0 aliphatic carbocycles. The molecule has 1 aromatic carbocycles. The highest BCUT2D eigenvalue weighted by Gasteiger charge is 2.38. The van der Waals surface area contributed by atoms with Crippen molar-refractivity contribution in [2.24, 2.45) is 0 Å². The number of hydrogen-bond donors (Lipinski definition) is 0. The minimum atomic E-state index is -0.754. The van der Waals surface area contributed by atoms with Crippen LogP contribution < -0.4 is 4.74 Å². The number of carbonyl (C=O) groups excluding carboxylic acids is 1. The first kappa shape index (κ1) is 19.6. The summed E-state index contributed by atoms with van der Waals surface area (Å²) in [5.41, 5.74) is -0.257. The second-order valence-electron chi connectivity index (χ2n) is 6.54. The van der Waals surface area contributed by atoms with Crippen LogP contribution in [0.1, 0.15) is 12.0 Å². The molecule has 0 unspecified atom stereocenters. The Kier molecular flexibility index (Phi) is 6.75. The van der Waals surface area contributed by atoms with Crippen LogP contribution in [0, 0.1) is 5.82 Å². The van der Waals surface area contributed by atoms with Crippen LogP contribution in [0.2, 0.25) is 0 Å². The molecule has 1 aliphatic rings. The second kappa shape index (κ2) is 8.60. The third kappa shape index (κ3) is 4.90. The molecule has 2 rings (SSSR count). The van der Waals surface area contributed by atoms with Gasteiger partial charge in [0.2, 0.25) is 5.91 Å². The molecule has 1 heterocycles. The molecule has 1 aromatic rings. The van der Waals surface area contributed by atoms with Gasteiger partial charge in [-0.25, -0.2) is 4.39 Å². The van der Waals surface area contributed by atoms with E-state index < -0.39 is 5.60 Å². The number of nitrogens with zero attached hydrogens (tertiary/aromatic N) is 2. The zero-order chi connectivity index (χ0) is 18.4. The summed E-state index contributed by atoms with van der Waals surface area (Å²) in [4.78, 5) is 15.8. The van der Waals surface area contributed by atoms with Crippen LogP contribution >= 0.6 is 0 Å². The van der Waals surface area contributed by atoms with Crippen molar-refractivity contribution in [2.45, 2.75) is 18.6 Å². The van der Waals surface area contributed by atoms with Crippen molar-refractivity contribution < 1.29 is 23.4 Å². The lowest BCUT2D eigenvalue weighted by Gasteiger charge is -2.34. The quantitative estimate of drug-likeness (QED) is 0.776. The molecule has 0 bridgehead atoms. The maximum absolute atomic E-state index is 14.3. The van der Waals surface area contributed by atoms with E-state index in [2.05, 4.69) is 0 Å². The molecule has 1 fully saturated rings. The Balaban J connectivity index is 2.20. The molecular formula is C18H27FN2O4. The fraction of sp³-hybridized carbons (Fsp3) is 0.611. The van der Waals surface area contributed by atoms with Gasteiger partial charge in [-0.1, -0.05) is 6.07 Å². The van der Waals surface area contributed by atoms with E-state index in [0.29, 0.717) is 44.2 Å². The molecule has 0 spiro atoms. The number of halogens is 1. The maximum Gasteiger partial charge on any atom is 0.225 e. The topological polar surface area (TPSA) is 51.2 Å². The van der Waals surface area contributed by atoms with Crippen molar-refractivity contribution in [2.75, 3.05) is 54.6 Å². The van der Waals surface area contributed by atoms with Crippen molar-refractivity contribution in [1.82, 2.24) is 9.80 Å². The molecule has 0 N–H and O–H groups in total. The highest BCUT2D eigenvalue weighted by Crippen LogP contribution is 2.27. The van der Waals surface area contributed by atoms with Gasteiger partial charge in [-0.2, -0.15) is 0 Å². The molecule has 6 nitrogen and oxygen atoms in total. The third-order valence-electron chi connectivity index (χ3n) is 4.51. The molecule has 140 valence electrons. The molecule has 25 heavy (non-hydrogen) atoms. The first-order valence-electron chi connectivity index (χ1n) is 8.27. The maximum atomic E-state index is 14.3. The van der Waals surface area contributed by atoms with E-state index in [1.54, 1.807) is 33.3 Å². The average molecular weight is 354 g/mol. The Morgan fingerprint density at radius 3 is 2.80 bits per heavy atom. The summed E-state index contributed by atoms with van der Waals surface area (Å²) in [6.07, 6.45) is 0.210. The van der Waals surface area contributed by atoms with Gasteiger partial charge in [0, 0.05) is 46.4 Å². The molecule has 1 saturated heterocycles. The van der Waals surface area contributed by atoms with Gasteiger partial charge < -0.3 is 19.1 Å². The smallest absolute Gasteiger partial charge is 0.225 e. The summed E-state index contributed by atoms with van der Waals surface area (Å²) in [5, 5.41) is 0. The summed E-state index contributed by atoms with van der Waals surface area (Å²) in [6, 6.07) is 4.79. The number of hydrogen-bond acceptors (Lipinski definition) is 5. The molecule has 0 radical (unpaired) electrons. The van der Waals surface area contributed by atoms with Crippen molar-refractivity contribution in [3.8, 4) is 5.75 Å². The molecule has 1 atom stereocenters. The Bertz CT molecular complexity index is 596. The van der Waals surface area contributed by atoms with Gasteiger partial charge in [-0.15, -0.1) is 0 Å². The van der Waals surface area contributed by atoms with Crippen LogP contribution in [0.25, 0.3) is 0 Å². The minimum absolute atomic E-state index is 0.0317. The summed E-state index contributed by atoms with van der Waals surface area (Å²) in [5.74, 6) is 0.172. The number of methoxy groups -OCH3 is 2. The van der Waals surface area contributed by atoms with E-state index in [1.165, 1.54) is 18.1 Å². The van der Waals surface area contributed by atoms with Crippen molar-refractivity contribution in [3.05, 3.63) is 29.6 Å². The van der Waals surface area contributed by atoms with Crippen LogP contribution in [0.15, 0.2) is 18.2 Å². The number of amides is 1. The predicted octanol–water partition coefficient (Wildman–Crippen LogP) is 1.53. The number of rotatable bonds is 6. The van der Waals surface area contributed by atoms with E-state index in [4.69, 9.17) is 14.2 Å². The van der Waals surface area contributed by atoms with E-state index >= 15 is 0 Å². The van der Waals surface area contributed by atoms with Crippen molar-refractivity contribution in [1.29, 1.82) is 0 Å². The third-order valence-corrected chi connectivity index (χ3v) is 4.51. The molecule has 0 saturated carbocycles. The fourth-order valence-corrected chi connectivity index (χ4v) is 2.96. The van der Waals surface area contributed by atoms with Gasteiger partial charge in [0.05, 0.1) is 26.7 Å². The zero-order valence-electron chi connectivity index (χ0n) is 15.4. The highest BCUT2D eigenvalue weighted by molar-refractivity contribution is 5.76. The van der Waals surface area contributed by atoms with Crippen molar-refractivity contribution in [3.63, 3.8) is 0 Å². The van der Waals surface area contributed by atoms with Crippen LogP contribution in [0.3, 0.4) is 0 Å². The lowest BCUT2D eigenvalue weighted by atomic mass is 9.98. The summed E-state index contributed by atoms with van der Waals surface area (Å²) < 4.78 is 30.9. The standard InChI is InChI=1S/C18H27FN2O4/c1-20(2)17(22)10-18(24-4)12-21(8-9-25-13-18)11-14-15(19)6-5-7-16(14)23-3/h5-7H,8-13H2,1-4H3/t18-/m0/s1. The average Bonchev–Trinajstić information content (AvgIpc) is 2.79. The van der Waals surface area contributed by atoms with Crippen LogP contribution in [-0.4, -0.2) is 75.9 Å². The highest BCUT2D eigenvalue weighted by atomic mass is 19.1. The van der Waals surface area contributed by atoms with Gasteiger partial charge in [0.15, 0.2) is 0 Å². The SMILES string of the molecule is COc1cccc(F)c1CN1CCOC[C@@](CC(=O)N(C)C)(OC)C1. The van der Waals surface area contributed by atoms with E-state index in [9.17, 15) is 9.18 Å². The molecule has 1 amide bonds. The predicted molar refractivity (Wildman–Crippen MR) is 92.1 cm³/mol. The monoisotopic (exact) mass is 354 g/mol. The van der Waals surface area contributed by atoms with E-state index in [0.717, 1.165) is 0 Å². The lowest BCUT2D eigenvalue weighted by molar-refractivity contribution is -0.139. The van der Waals surface area contributed by atoms with Crippen LogP contribution in [0.5, 0.6) is 5.75 Å². The lowest BCUT2D eigenvalue weighted by Crippen LogP contribution is -2.48. The molecule has 1 aliphatic heterocycles. The molecule has 0 aromatic heterocycles. The Morgan fingerprint density at radius 2 is 2.16 bits per heavy atom. The van der Waals surface area contributed by atoms with E-state index in [1.807, 2.05) is 4.90 Å². The minimum Gasteiger partial charge on any atom is -0.496 e. The Hall–Kier alpha value is -1.70. The molecular weight excluding hydrogens is 327 g/mol. The largest absolute Gasteiger partial charge is 0.496 e. The van der Waals surface area contributed by atoms with Gasteiger partial charge >= 0.3 is 0 Å². The Labute approximate surface area is 148 Å². The van der Waals surface area contributed by atoms with Gasteiger partial charge in [-0.05, 0) is 12.1 Å². The Morgan fingerprint density at radius 1 is 1.40 bits per heavy atom. The first-order valence-corrected chi connectivity index (χ1v) is 8.27. The fourth-order valence-electron chi connectivity index (χ4n) is 2.96.